The molecule has 2 heterocycles. The number of aromatic nitrogens is 4. The monoisotopic (exact) mass is 470 g/mol. The van der Waals surface area contributed by atoms with Crippen molar-refractivity contribution in [2.45, 2.75) is 11.6 Å². The molecule has 32 heavy (non-hydrogen) atoms. The predicted molar refractivity (Wildman–Crippen MR) is 124 cm³/mol. The van der Waals surface area contributed by atoms with E-state index in [9.17, 15) is 4.79 Å². The number of nitrogens with two attached hydrogens (primary N) is 1. The van der Waals surface area contributed by atoms with Gasteiger partial charge in [0.25, 0.3) is 5.89 Å². The van der Waals surface area contributed by atoms with Gasteiger partial charge in [-0.25, -0.2) is 4.68 Å². The van der Waals surface area contributed by atoms with Crippen molar-refractivity contribution >= 4 is 40.8 Å². The molecule has 0 fully saturated rings. The summed E-state index contributed by atoms with van der Waals surface area (Å²) < 4.78 is 12.0. The Morgan fingerprint density at radius 1 is 1.28 bits per heavy atom. The number of nitrogens with zero attached hydrogens (tertiary/aromatic N) is 4. The Morgan fingerprint density at radius 3 is 2.75 bits per heavy atom. The van der Waals surface area contributed by atoms with Crippen molar-refractivity contribution in [3.63, 3.8) is 0 Å². The van der Waals surface area contributed by atoms with E-state index in [1.54, 1.807) is 18.2 Å². The first-order chi connectivity index (χ1) is 15.5. The van der Waals surface area contributed by atoms with Gasteiger partial charge >= 0.3 is 0 Å². The molecule has 11 heteroatoms. The van der Waals surface area contributed by atoms with Gasteiger partial charge in [0.1, 0.15) is 28.7 Å². The van der Waals surface area contributed by atoms with Crippen LogP contribution < -0.4 is 15.8 Å². The van der Waals surface area contributed by atoms with Gasteiger partial charge in [-0.3, -0.25) is 4.79 Å². The molecule has 0 spiro atoms. The lowest BCUT2D eigenvalue weighted by atomic mass is 10.2. The van der Waals surface area contributed by atoms with E-state index in [0.717, 1.165) is 5.56 Å². The number of carbonyl (C=O) groups excluding carboxylic acids is 1. The maximum atomic E-state index is 12.6. The number of ether oxygens (including phenoxy) is 1. The average Bonchev–Trinajstić information content (AvgIpc) is 3.39. The second-order valence-electron chi connectivity index (χ2n) is 6.61. The third kappa shape index (κ3) is 4.41. The van der Waals surface area contributed by atoms with Crippen molar-refractivity contribution in [3.8, 4) is 28.6 Å². The number of hydrogen-bond acceptors (Lipinski definition) is 8. The largest absolute Gasteiger partial charge is 0.495 e. The van der Waals surface area contributed by atoms with Crippen molar-refractivity contribution in [1.82, 2.24) is 19.9 Å². The molecule has 0 saturated heterocycles. The highest BCUT2D eigenvalue weighted by Gasteiger charge is 2.23. The number of amides is 1. The number of rotatable bonds is 7. The van der Waals surface area contributed by atoms with Crippen LogP contribution in [0.1, 0.15) is 0 Å². The highest BCUT2D eigenvalue weighted by Crippen LogP contribution is 2.35. The molecule has 3 N–H and O–H groups in total. The van der Waals surface area contributed by atoms with Gasteiger partial charge in [-0.15, -0.1) is 11.8 Å². The van der Waals surface area contributed by atoms with Crippen molar-refractivity contribution in [2.75, 3.05) is 24.4 Å². The average molecular weight is 471 g/mol. The molecule has 9 nitrogen and oxygen atoms in total. The minimum Gasteiger partial charge on any atom is -0.495 e. The van der Waals surface area contributed by atoms with Gasteiger partial charge in [-0.2, -0.15) is 10.1 Å². The second-order valence-corrected chi connectivity index (χ2v) is 7.82. The maximum absolute atomic E-state index is 12.6. The SMILES string of the molecule is COc1ccc(NC(=O)Cn2nc(SC)c(-c3nc(-c4ccccc4)no3)c2N)cc1Cl. The molecule has 2 aromatic carbocycles. The lowest BCUT2D eigenvalue weighted by molar-refractivity contribution is -0.116. The van der Waals surface area contributed by atoms with E-state index in [1.807, 2.05) is 36.6 Å². The molecule has 0 atom stereocenters. The number of carbonyl (C=O) groups is 1. The zero-order chi connectivity index (χ0) is 22.7. The third-order valence-electron chi connectivity index (χ3n) is 4.55. The fourth-order valence-electron chi connectivity index (χ4n) is 3.03. The van der Waals surface area contributed by atoms with Crippen LogP contribution in [0.15, 0.2) is 58.1 Å². The molecule has 164 valence electrons. The van der Waals surface area contributed by atoms with Crippen molar-refractivity contribution in [1.29, 1.82) is 0 Å². The minimum absolute atomic E-state index is 0.108. The molecule has 4 rings (SSSR count). The second kappa shape index (κ2) is 9.33. The van der Waals surface area contributed by atoms with Crippen molar-refractivity contribution in [3.05, 3.63) is 53.6 Å². The summed E-state index contributed by atoms with van der Waals surface area (Å²) in [5.74, 6) is 1.12. The van der Waals surface area contributed by atoms with Gasteiger partial charge < -0.3 is 20.3 Å². The summed E-state index contributed by atoms with van der Waals surface area (Å²) in [6.45, 7) is -0.108. The highest BCUT2D eigenvalue weighted by molar-refractivity contribution is 7.98. The zero-order valence-electron chi connectivity index (χ0n) is 17.2. The van der Waals surface area contributed by atoms with Gasteiger partial charge in [-0.1, -0.05) is 47.1 Å². The summed E-state index contributed by atoms with van der Waals surface area (Å²) in [6, 6.07) is 14.4. The standard InChI is InChI=1S/C21H19ClN6O3S/c1-30-15-9-8-13(10-14(15)22)24-16(29)11-28-18(23)17(21(26-28)32-2)20-25-19(27-31-20)12-6-4-3-5-7-12/h3-10H,11,23H2,1-2H3,(H,24,29). The van der Waals surface area contributed by atoms with Crippen LogP contribution in [-0.4, -0.2) is 39.2 Å². The summed E-state index contributed by atoms with van der Waals surface area (Å²) in [6.07, 6.45) is 1.85. The van der Waals surface area contributed by atoms with E-state index in [1.165, 1.54) is 23.6 Å². The normalized spacial score (nSPS) is 10.8. The van der Waals surface area contributed by atoms with Crippen LogP contribution in [0.5, 0.6) is 5.75 Å². The van der Waals surface area contributed by atoms with E-state index < -0.39 is 0 Å². The van der Waals surface area contributed by atoms with Crippen LogP contribution in [0.2, 0.25) is 5.02 Å². The molecule has 0 aliphatic rings. The molecule has 0 aliphatic heterocycles. The molecular formula is C21H19ClN6O3S. The molecule has 0 bridgehead atoms. The van der Waals surface area contributed by atoms with Gasteiger partial charge in [0.05, 0.1) is 12.1 Å². The Morgan fingerprint density at radius 2 is 2.06 bits per heavy atom. The third-order valence-corrected chi connectivity index (χ3v) is 5.52. The van der Waals surface area contributed by atoms with Crippen LogP contribution in [0.25, 0.3) is 22.8 Å². The van der Waals surface area contributed by atoms with Gasteiger partial charge in [-0.05, 0) is 24.5 Å². The predicted octanol–water partition coefficient (Wildman–Crippen LogP) is 4.20. The molecule has 2 aromatic heterocycles. The molecule has 4 aromatic rings. The lowest BCUT2D eigenvalue weighted by Gasteiger charge is -2.09. The first kappa shape index (κ1) is 21.7. The molecular weight excluding hydrogens is 452 g/mol. The number of hydrogen-bond donors (Lipinski definition) is 2. The summed E-state index contributed by atoms with van der Waals surface area (Å²) in [5.41, 5.74) is 8.14. The quantitative estimate of drug-likeness (QED) is 0.385. The fraction of sp³-hybridized carbons (Fsp3) is 0.143. The van der Waals surface area contributed by atoms with Crippen LogP contribution >= 0.6 is 23.4 Å². The maximum Gasteiger partial charge on any atom is 0.264 e. The first-order valence-electron chi connectivity index (χ1n) is 9.43. The van der Waals surface area contributed by atoms with E-state index in [-0.39, 0.29) is 24.2 Å². The van der Waals surface area contributed by atoms with Crippen LogP contribution in [0.4, 0.5) is 11.5 Å². The Balaban J connectivity index is 1.56. The number of thioether (sulfide) groups is 1. The Hall–Kier alpha value is -3.50. The molecule has 1 amide bonds. The molecule has 0 aliphatic carbocycles. The zero-order valence-corrected chi connectivity index (χ0v) is 18.8. The molecule has 0 radical (unpaired) electrons. The number of anilines is 2. The van der Waals surface area contributed by atoms with Crippen LogP contribution in [-0.2, 0) is 11.3 Å². The first-order valence-corrected chi connectivity index (χ1v) is 11.0. The topological polar surface area (TPSA) is 121 Å². The summed E-state index contributed by atoms with van der Waals surface area (Å²) >= 11 is 7.48. The Bertz CT molecular complexity index is 1260. The fourth-order valence-corrected chi connectivity index (χ4v) is 3.86. The number of nitrogen functional groups attached to an aromatic ring is 1. The molecule has 0 unspecified atom stereocenters. The number of methoxy groups -OCH3 is 1. The van der Waals surface area contributed by atoms with Gasteiger partial charge in [0.15, 0.2) is 0 Å². The van der Waals surface area contributed by atoms with E-state index in [2.05, 4.69) is 20.6 Å². The molecule has 0 saturated carbocycles. The Labute approximate surface area is 192 Å². The number of halogens is 1. The van der Waals surface area contributed by atoms with E-state index in [4.69, 9.17) is 26.6 Å². The van der Waals surface area contributed by atoms with Crippen LogP contribution in [0.3, 0.4) is 0 Å². The number of benzene rings is 2. The smallest absolute Gasteiger partial charge is 0.264 e. The number of nitrogens with one attached hydrogen (secondary N) is 1. The summed E-state index contributed by atoms with van der Waals surface area (Å²) in [5, 5.41) is 12.2. The summed E-state index contributed by atoms with van der Waals surface area (Å²) in [4.78, 5) is 17.0. The van der Waals surface area contributed by atoms with E-state index >= 15 is 0 Å². The minimum atomic E-state index is -0.324. The van der Waals surface area contributed by atoms with Crippen molar-refractivity contribution < 1.29 is 14.1 Å². The van der Waals surface area contributed by atoms with Crippen molar-refractivity contribution in [2.24, 2.45) is 0 Å². The lowest BCUT2D eigenvalue weighted by Crippen LogP contribution is -2.20. The van der Waals surface area contributed by atoms with Gasteiger partial charge in [0, 0.05) is 11.3 Å². The van der Waals surface area contributed by atoms with Crippen LogP contribution in [0, 0.1) is 0 Å². The summed E-state index contributed by atoms with van der Waals surface area (Å²) in [7, 11) is 1.52. The Kier molecular flexibility index (Phi) is 6.33. The van der Waals surface area contributed by atoms with E-state index in [0.29, 0.717) is 32.9 Å². The van der Waals surface area contributed by atoms with Gasteiger partial charge in [0.2, 0.25) is 11.7 Å². The highest BCUT2D eigenvalue weighted by atomic mass is 35.5.